The SMILES string of the molecule is CSc1ccccc1-n1c(C)c(C)c2c(N)nc(C)nc21. The Morgan fingerprint density at radius 2 is 1.81 bits per heavy atom. The van der Waals surface area contributed by atoms with Gasteiger partial charge in [0, 0.05) is 10.6 Å². The van der Waals surface area contributed by atoms with Gasteiger partial charge in [0.2, 0.25) is 0 Å². The van der Waals surface area contributed by atoms with E-state index in [1.54, 1.807) is 11.8 Å². The lowest BCUT2D eigenvalue weighted by Gasteiger charge is -2.12. The molecule has 0 amide bonds. The van der Waals surface area contributed by atoms with Crippen LogP contribution >= 0.6 is 11.8 Å². The number of nitrogen functional groups attached to an aromatic ring is 1. The number of hydrogen-bond acceptors (Lipinski definition) is 4. The Kier molecular flexibility index (Phi) is 3.37. The maximum Gasteiger partial charge on any atom is 0.150 e. The number of aromatic nitrogens is 3. The molecular weight excluding hydrogens is 280 g/mol. The van der Waals surface area contributed by atoms with Crippen molar-refractivity contribution in [2.75, 3.05) is 12.0 Å². The van der Waals surface area contributed by atoms with Gasteiger partial charge in [-0.25, -0.2) is 9.97 Å². The molecular formula is C16H18N4S. The topological polar surface area (TPSA) is 56.7 Å². The zero-order valence-electron chi connectivity index (χ0n) is 12.6. The average Bonchev–Trinajstić information content (AvgIpc) is 2.70. The standard InChI is InChI=1S/C16H18N4S/c1-9-10(2)20(12-7-5-6-8-13(12)21-4)16-14(9)15(17)18-11(3)19-16/h5-8H,1-4H3,(H2,17,18,19). The van der Waals surface area contributed by atoms with E-state index < -0.39 is 0 Å². The lowest BCUT2D eigenvalue weighted by atomic mass is 10.2. The Bertz CT molecular complexity index is 836. The Labute approximate surface area is 128 Å². The summed E-state index contributed by atoms with van der Waals surface area (Å²) in [7, 11) is 0. The molecule has 0 spiro atoms. The number of nitrogens with zero attached hydrogens (tertiary/aromatic N) is 3. The summed E-state index contributed by atoms with van der Waals surface area (Å²) in [5, 5.41) is 0.953. The summed E-state index contributed by atoms with van der Waals surface area (Å²) in [6, 6.07) is 8.34. The van der Waals surface area contributed by atoms with E-state index in [0.29, 0.717) is 11.6 Å². The lowest BCUT2D eigenvalue weighted by Crippen LogP contribution is -2.02. The maximum atomic E-state index is 6.12. The first kappa shape index (κ1) is 13.9. The van der Waals surface area contributed by atoms with E-state index >= 15 is 0 Å². The number of nitrogens with two attached hydrogens (primary N) is 1. The van der Waals surface area contributed by atoms with Crippen molar-refractivity contribution in [3.8, 4) is 5.69 Å². The number of hydrogen-bond donors (Lipinski definition) is 1. The zero-order chi connectivity index (χ0) is 15.1. The number of aryl methyl sites for hydroxylation is 2. The van der Waals surface area contributed by atoms with Crippen molar-refractivity contribution >= 4 is 28.6 Å². The number of fused-ring (bicyclic) bond motifs is 1. The van der Waals surface area contributed by atoms with Crippen molar-refractivity contribution in [3.63, 3.8) is 0 Å². The van der Waals surface area contributed by atoms with Crippen LogP contribution in [0.5, 0.6) is 0 Å². The zero-order valence-corrected chi connectivity index (χ0v) is 13.5. The molecule has 3 aromatic rings. The van der Waals surface area contributed by atoms with Crippen LogP contribution in [-0.4, -0.2) is 20.8 Å². The molecule has 0 saturated carbocycles. The summed E-state index contributed by atoms with van der Waals surface area (Å²) in [6.45, 7) is 6.05. The van der Waals surface area contributed by atoms with Crippen LogP contribution in [0.2, 0.25) is 0 Å². The second-order valence-electron chi connectivity index (χ2n) is 5.07. The van der Waals surface area contributed by atoms with Crippen LogP contribution in [0.3, 0.4) is 0 Å². The summed E-state index contributed by atoms with van der Waals surface area (Å²) in [4.78, 5) is 10.1. The van der Waals surface area contributed by atoms with Gasteiger partial charge in [-0.2, -0.15) is 0 Å². The van der Waals surface area contributed by atoms with Gasteiger partial charge in [0.05, 0.1) is 11.1 Å². The Morgan fingerprint density at radius 1 is 1.10 bits per heavy atom. The third-order valence-corrected chi connectivity index (χ3v) is 4.61. The minimum absolute atomic E-state index is 0.554. The Hall–Kier alpha value is -2.01. The van der Waals surface area contributed by atoms with Gasteiger partial charge in [-0.15, -0.1) is 11.8 Å². The fourth-order valence-corrected chi connectivity index (χ4v) is 3.30. The highest BCUT2D eigenvalue weighted by atomic mass is 32.2. The quantitative estimate of drug-likeness (QED) is 0.734. The van der Waals surface area contributed by atoms with E-state index in [-0.39, 0.29) is 0 Å². The molecule has 4 nitrogen and oxygen atoms in total. The van der Waals surface area contributed by atoms with E-state index in [0.717, 1.165) is 28.0 Å². The predicted octanol–water partition coefficient (Wildman–Crippen LogP) is 3.65. The van der Waals surface area contributed by atoms with Gasteiger partial charge in [-0.1, -0.05) is 12.1 Å². The van der Waals surface area contributed by atoms with Crippen molar-refractivity contribution in [1.29, 1.82) is 0 Å². The molecule has 0 saturated heterocycles. The van der Waals surface area contributed by atoms with Gasteiger partial charge in [-0.3, -0.25) is 4.57 Å². The highest BCUT2D eigenvalue weighted by molar-refractivity contribution is 7.98. The molecule has 108 valence electrons. The fraction of sp³-hybridized carbons (Fsp3) is 0.250. The third kappa shape index (κ3) is 2.08. The monoisotopic (exact) mass is 298 g/mol. The molecule has 2 heterocycles. The fourth-order valence-electron chi connectivity index (χ4n) is 2.72. The number of benzene rings is 1. The van der Waals surface area contributed by atoms with E-state index in [4.69, 9.17) is 5.73 Å². The molecule has 1 aromatic carbocycles. The molecule has 0 fully saturated rings. The normalized spacial score (nSPS) is 11.2. The molecule has 0 bridgehead atoms. The van der Waals surface area contributed by atoms with Crippen LogP contribution < -0.4 is 5.73 Å². The van der Waals surface area contributed by atoms with Gasteiger partial charge in [0.15, 0.2) is 5.65 Å². The minimum atomic E-state index is 0.554. The largest absolute Gasteiger partial charge is 0.383 e. The van der Waals surface area contributed by atoms with E-state index in [1.165, 1.54) is 4.90 Å². The van der Waals surface area contributed by atoms with Crippen molar-refractivity contribution < 1.29 is 0 Å². The molecule has 0 unspecified atom stereocenters. The second-order valence-corrected chi connectivity index (χ2v) is 5.92. The molecule has 0 atom stereocenters. The number of para-hydroxylation sites is 1. The van der Waals surface area contributed by atoms with Gasteiger partial charge < -0.3 is 5.73 Å². The van der Waals surface area contributed by atoms with Crippen LogP contribution in [-0.2, 0) is 0 Å². The average molecular weight is 298 g/mol. The smallest absolute Gasteiger partial charge is 0.150 e. The first-order valence-corrected chi connectivity index (χ1v) is 8.02. The second kappa shape index (κ2) is 5.07. The minimum Gasteiger partial charge on any atom is -0.383 e. The first-order chi connectivity index (χ1) is 10.0. The van der Waals surface area contributed by atoms with Gasteiger partial charge in [0.1, 0.15) is 11.6 Å². The van der Waals surface area contributed by atoms with Crippen molar-refractivity contribution in [3.05, 3.63) is 41.3 Å². The maximum absolute atomic E-state index is 6.12. The molecule has 2 aromatic heterocycles. The first-order valence-electron chi connectivity index (χ1n) is 6.79. The Morgan fingerprint density at radius 3 is 2.52 bits per heavy atom. The van der Waals surface area contributed by atoms with Crippen LogP contribution in [0.4, 0.5) is 5.82 Å². The molecule has 0 aliphatic rings. The van der Waals surface area contributed by atoms with Crippen molar-refractivity contribution in [2.24, 2.45) is 0 Å². The summed E-state index contributed by atoms with van der Waals surface area (Å²) in [5.41, 5.74) is 10.4. The van der Waals surface area contributed by atoms with Crippen LogP contribution in [0.25, 0.3) is 16.7 Å². The molecule has 3 rings (SSSR count). The summed E-state index contributed by atoms with van der Waals surface area (Å²) in [6.07, 6.45) is 2.08. The lowest BCUT2D eigenvalue weighted by molar-refractivity contribution is 0.975. The van der Waals surface area contributed by atoms with E-state index in [1.807, 2.05) is 13.0 Å². The summed E-state index contributed by atoms with van der Waals surface area (Å²) < 4.78 is 2.18. The molecule has 0 aliphatic heterocycles. The molecule has 5 heteroatoms. The van der Waals surface area contributed by atoms with Gasteiger partial charge in [-0.05, 0) is 44.7 Å². The predicted molar refractivity (Wildman–Crippen MR) is 89.3 cm³/mol. The summed E-state index contributed by atoms with van der Waals surface area (Å²) >= 11 is 1.73. The number of thioether (sulfide) groups is 1. The van der Waals surface area contributed by atoms with Gasteiger partial charge in [0.25, 0.3) is 0 Å². The van der Waals surface area contributed by atoms with Crippen LogP contribution in [0, 0.1) is 20.8 Å². The number of rotatable bonds is 2. The Balaban J connectivity index is 2.46. The van der Waals surface area contributed by atoms with Crippen LogP contribution in [0.1, 0.15) is 17.1 Å². The third-order valence-electron chi connectivity index (χ3n) is 3.82. The van der Waals surface area contributed by atoms with E-state index in [9.17, 15) is 0 Å². The highest BCUT2D eigenvalue weighted by Crippen LogP contribution is 2.33. The number of anilines is 1. The van der Waals surface area contributed by atoms with E-state index in [2.05, 4.69) is 52.8 Å². The van der Waals surface area contributed by atoms with Gasteiger partial charge >= 0.3 is 0 Å². The highest BCUT2D eigenvalue weighted by Gasteiger charge is 2.18. The van der Waals surface area contributed by atoms with Crippen LogP contribution in [0.15, 0.2) is 29.2 Å². The summed E-state index contributed by atoms with van der Waals surface area (Å²) in [5.74, 6) is 1.25. The molecule has 0 radical (unpaired) electrons. The molecule has 0 aliphatic carbocycles. The molecule has 2 N–H and O–H groups in total. The molecule has 21 heavy (non-hydrogen) atoms. The van der Waals surface area contributed by atoms with Crippen molar-refractivity contribution in [1.82, 2.24) is 14.5 Å². The van der Waals surface area contributed by atoms with Crippen molar-refractivity contribution in [2.45, 2.75) is 25.7 Å².